The van der Waals surface area contributed by atoms with Crippen LogP contribution in [0.1, 0.15) is 107 Å². The number of ether oxygens (including phenoxy) is 1. The van der Waals surface area contributed by atoms with E-state index in [0.717, 1.165) is 19.3 Å². The molecule has 2 heteroatoms. The van der Waals surface area contributed by atoms with Crippen molar-refractivity contribution in [1.29, 1.82) is 0 Å². The van der Waals surface area contributed by atoms with E-state index in [-0.39, 0.29) is 27.6 Å². The second-order valence-corrected chi connectivity index (χ2v) is 13.1. The third-order valence-electron chi connectivity index (χ3n) is 11.5. The van der Waals surface area contributed by atoms with Crippen LogP contribution in [0.4, 0.5) is 0 Å². The van der Waals surface area contributed by atoms with E-state index in [1.807, 2.05) is 6.92 Å². The SMILES string of the molecule is C/C=C1\C(=C/C)[C@]2(C)CC[C@@]3(C)[C@@H]4C[C@](C)(C(=O)OCC)CC[C@]4(C)CC[C@]3(C)C2=CC1C. The summed E-state index contributed by atoms with van der Waals surface area (Å²) in [6.45, 7) is 21.7. The van der Waals surface area contributed by atoms with Crippen molar-refractivity contribution in [1.82, 2.24) is 0 Å². The molecule has 0 N–H and O–H groups in total. The van der Waals surface area contributed by atoms with E-state index in [1.165, 1.54) is 31.3 Å². The summed E-state index contributed by atoms with van der Waals surface area (Å²) in [7, 11) is 0. The molecule has 0 aliphatic heterocycles. The first kappa shape index (κ1) is 24.8. The smallest absolute Gasteiger partial charge is 0.311 e. The van der Waals surface area contributed by atoms with Crippen LogP contribution in [0.5, 0.6) is 0 Å². The summed E-state index contributed by atoms with van der Waals surface area (Å²) in [4.78, 5) is 13.1. The Balaban J connectivity index is 1.82. The van der Waals surface area contributed by atoms with Crippen molar-refractivity contribution in [2.45, 2.75) is 107 Å². The number of carbonyl (C=O) groups excluding carboxylic acids is 1. The van der Waals surface area contributed by atoms with Gasteiger partial charge < -0.3 is 4.74 Å². The van der Waals surface area contributed by atoms with Gasteiger partial charge in [-0.2, -0.15) is 0 Å². The van der Waals surface area contributed by atoms with Gasteiger partial charge in [-0.1, -0.05) is 58.4 Å². The molecule has 0 aromatic heterocycles. The topological polar surface area (TPSA) is 26.3 Å². The highest BCUT2D eigenvalue weighted by molar-refractivity contribution is 5.76. The molecule has 4 rings (SSSR count). The van der Waals surface area contributed by atoms with Gasteiger partial charge in [0, 0.05) is 5.41 Å². The third kappa shape index (κ3) is 3.21. The highest BCUT2D eigenvalue weighted by Gasteiger charge is 2.67. The lowest BCUT2D eigenvalue weighted by molar-refractivity contribution is -0.182. The second kappa shape index (κ2) is 7.85. The molecule has 0 aromatic rings. The first-order valence-corrected chi connectivity index (χ1v) is 13.6. The summed E-state index contributed by atoms with van der Waals surface area (Å²) in [5.41, 5.74) is 5.25. The zero-order chi connectivity index (χ0) is 24.4. The van der Waals surface area contributed by atoms with Crippen LogP contribution in [0.2, 0.25) is 0 Å². The maximum Gasteiger partial charge on any atom is 0.311 e. The van der Waals surface area contributed by atoms with E-state index < -0.39 is 0 Å². The van der Waals surface area contributed by atoms with Crippen LogP contribution >= 0.6 is 0 Å². The van der Waals surface area contributed by atoms with E-state index in [0.29, 0.717) is 23.9 Å². The number of fused-ring (bicyclic) bond motifs is 5. The molecule has 7 atom stereocenters. The minimum Gasteiger partial charge on any atom is -0.466 e. The normalized spacial score (nSPS) is 49.7. The van der Waals surface area contributed by atoms with E-state index in [9.17, 15) is 4.79 Å². The second-order valence-electron chi connectivity index (χ2n) is 13.1. The quantitative estimate of drug-likeness (QED) is 0.310. The molecule has 2 nitrogen and oxygen atoms in total. The fourth-order valence-corrected chi connectivity index (χ4v) is 9.13. The van der Waals surface area contributed by atoms with Gasteiger partial charge >= 0.3 is 5.97 Å². The summed E-state index contributed by atoms with van der Waals surface area (Å²) in [5, 5.41) is 0. The van der Waals surface area contributed by atoms with Crippen molar-refractivity contribution < 1.29 is 9.53 Å². The van der Waals surface area contributed by atoms with Crippen LogP contribution in [0.15, 0.2) is 34.9 Å². The Morgan fingerprint density at radius 1 is 1.00 bits per heavy atom. The summed E-state index contributed by atoms with van der Waals surface area (Å²) in [6, 6.07) is 0. The Bertz CT molecular complexity index is 923. The predicted octanol–water partition coefficient (Wildman–Crippen LogP) is 8.44. The first-order valence-electron chi connectivity index (χ1n) is 13.6. The van der Waals surface area contributed by atoms with Gasteiger partial charge in [0.05, 0.1) is 12.0 Å². The molecule has 4 aliphatic carbocycles. The molecule has 3 saturated carbocycles. The standard InChI is InChI=1S/C31H48O2/c1-10-22-21(4)19-24-29(7,23(22)11-2)16-18-31(9)25-20-28(6,26(32)33-12-3)14-13-27(25,5)15-17-30(24,31)8/h10-11,19,21,25H,12-18,20H2,1-9H3/b22-10-,23-11+/t21?,25-,27-,28-,29+,30-,31+/m1/s1. The monoisotopic (exact) mass is 452 g/mol. The van der Waals surface area contributed by atoms with Crippen LogP contribution in [0.3, 0.4) is 0 Å². The number of carbonyl (C=O) groups is 1. The predicted molar refractivity (Wildman–Crippen MR) is 138 cm³/mol. The molecule has 3 fully saturated rings. The molecule has 0 bridgehead atoms. The van der Waals surface area contributed by atoms with Gasteiger partial charge in [0.2, 0.25) is 0 Å². The van der Waals surface area contributed by atoms with Gasteiger partial charge in [-0.15, -0.1) is 0 Å². The largest absolute Gasteiger partial charge is 0.466 e. The lowest BCUT2D eigenvalue weighted by Crippen LogP contribution is -2.62. The molecule has 0 radical (unpaired) electrons. The average Bonchev–Trinajstić information content (AvgIpc) is 2.77. The van der Waals surface area contributed by atoms with Crippen LogP contribution < -0.4 is 0 Å². The number of hydrogen-bond acceptors (Lipinski definition) is 2. The number of rotatable bonds is 2. The first-order chi connectivity index (χ1) is 15.3. The van der Waals surface area contributed by atoms with Gasteiger partial charge in [-0.25, -0.2) is 0 Å². The van der Waals surface area contributed by atoms with Crippen molar-refractivity contribution in [2.24, 2.45) is 38.9 Å². The van der Waals surface area contributed by atoms with Gasteiger partial charge in [-0.05, 0) is 112 Å². The average molecular weight is 453 g/mol. The Morgan fingerprint density at radius 3 is 2.27 bits per heavy atom. The fraction of sp³-hybridized carbons (Fsp3) is 0.774. The maximum atomic E-state index is 13.1. The van der Waals surface area contributed by atoms with Gasteiger partial charge in [-0.3, -0.25) is 4.79 Å². The van der Waals surface area contributed by atoms with E-state index in [2.05, 4.69) is 73.6 Å². The van der Waals surface area contributed by atoms with Crippen LogP contribution in [-0.4, -0.2) is 12.6 Å². The zero-order valence-electron chi connectivity index (χ0n) is 22.9. The van der Waals surface area contributed by atoms with Crippen LogP contribution in [-0.2, 0) is 9.53 Å². The van der Waals surface area contributed by atoms with Crippen LogP contribution in [0, 0.1) is 38.9 Å². The summed E-state index contributed by atoms with van der Waals surface area (Å²) >= 11 is 0. The van der Waals surface area contributed by atoms with Crippen LogP contribution in [0.25, 0.3) is 0 Å². The molecule has 184 valence electrons. The van der Waals surface area contributed by atoms with E-state index >= 15 is 0 Å². The van der Waals surface area contributed by atoms with E-state index in [4.69, 9.17) is 4.74 Å². The Labute approximate surface area is 203 Å². The lowest BCUT2D eigenvalue weighted by Gasteiger charge is -2.70. The molecular weight excluding hydrogens is 404 g/mol. The summed E-state index contributed by atoms with van der Waals surface area (Å²) in [6.07, 6.45) is 15.5. The summed E-state index contributed by atoms with van der Waals surface area (Å²) < 4.78 is 5.60. The zero-order valence-corrected chi connectivity index (χ0v) is 22.9. The van der Waals surface area contributed by atoms with E-state index in [1.54, 1.807) is 11.1 Å². The molecule has 0 amide bonds. The minimum absolute atomic E-state index is 0.0306. The molecule has 0 heterocycles. The van der Waals surface area contributed by atoms with Crippen molar-refractivity contribution in [2.75, 3.05) is 6.61 Å². The van der Waals surface area contributed by atoms with Crippen molar-refractivity contribution in [3.05, 3.63) is 34.9 Å². The molecule has 1 unspecified atom stereocenters. The highest BCUT2D eigenvalue weighted by Crippen LogP contribution is 2.75. The Morgan fingerprint density at radius 2 is 1.67 bits per heavy atom. The minimum atomic E-state index is -0.344. The number of hydrogen-bond donors (Lipinski definition) is 0. The molecule has 0 aromatic carbocycles. The third-order valence-corrected chi connectivity index (χ3v) is 11.5. The molecule has 4 aliphatic rings. The fourth-order valence-electron chi connectivity index (χ4n) is 9.13. The molecule has 0 saturated heterocycles. The number of esters is 1. The molecule has 33 heavy (non-hydrogen) atoms. The van der Waals surface area contributed by atoms with Gasteiger partial charge in [0.1, 0.15) is 0 Å². The number of allylic oxidation sites excluding steroid dienone is 6. The van der Waals surface area contributed by atoms with Gasteiger partial charge in [0.15, 0.2) is 0 Å². The van der Waals surface area contributed by atoms with Crippen molar-refractivity contribution in [3.8, 4) is 0 Å². The Kier molecular flexibility index (Phi) is 5.90. The molecule has 0 spiro atoms. The molecular formula is C31H48O2. The van der Waals surface area contributed by atoms with Gasteiger partial charge in [0.25, 0.3) is 0 Å². The lowest BCUT2D eigenvalue weighted by atomic mass is 9.34. The Hall–Kier alpha value is -1.31. The maximum absolute atomic E-state index is 13.1. The highest BCUT2D eigenvalue weighted by atomic mass is 16.5. The van der Waals surface area contributed by atoms with Crippen molar-refractivity contribution in [3.63, 3.8) is 0 Å². The summed E-state index contributed by atoms with van der Waals surface area (Å²) in [5.74, 6) is 1.04. The van der Waals surface area contributed by atoms with Crippen molar-refractivity contribution >= 4 is 5.97 Å².